The zero-order valence-electron chi connectivity index (χ0n) is 22.1. The minimum atomic E-state index is -0.563. The van der Waals surface area contributed by atoms with Crippen molar-refractivity contribution < 1.29 is 18.7 Å². The Labute approximate surface area is 244 Å². The molecule has 2 heterocycles. The van der Waals surface area contributed by atoms with Gasteiger partial charge in [0, 0.05) is 26.4 Å². The van der Waals surface area contributed by atoms with E-state index in [0.29, 0.717) is 44.2 Å². The van der Waals surface area contributed by atoms with Gasteiger partial charge in [-0.05, 0) is 60.4 Å². The van der Waals surface area contributed by atoms with Gasteiger partial charge in [0.05, 0.1) is 23.4 Å². The molecule has 0 saturated carbocycles. The molecule has 3 aromatic carbocycles. The van der Waals surface area contributed by atoms with Crippen LogP contribution in [0, 0.1) is 5.82 Å². The zero-order valence-corrected chi connectivity index (χ0v) is 24.5. The summed E-state index contributed by atoms with van der Waals surface area (Å²) >= 11 is 4.72. The molecule has 0 aliphatic carbocycles. The molecule has 1 amide bonds. The van der Waals surface area contributed by atoms with E-state index in [4.69, 9.17) is 9.72 Å². The van der Waals surface area contributed by atoms with E-state index in [0.717, 1.165) is 10.0 Å². The average molecular weight is 618 g/mol. The fourth-order valence-electron chi connectivity index (χ4n) is 4.44. The summed E-state index contributed by atoms with van der Waals surface area (Å²) in [5, 5.41) is 5.73. The van der Waals surface area contributed by atoms with E-state index in [2.05, 4.69) is 47.2 Å². The largest absolute Gasteiger partial charge is 0.462 e. The van der Waals surface area contributed by atoms with Gasteiger partial charge in [0.15, 0.2) is 0 Å². The highest BCUT2D eigenvalue weighted by Gasteiger charge is 2.24. The number of fused-ring (bicyclic) bond motifs is 1. The number of benzene rings is 3. The monoisotopic (exact) mass is 616 g/mol. The summed E-state index contributed by atoms with van der Waals surface area (Å²) in [6.07, 6.45) is 0. The van der Waals surface area contributed by atoms with Gasteiger partial charge >= 0.3 is 5.97 Å². The number of pyridine rings is 1. The number of carbonyl (C=O) groups excluding carboxylic acids is 2. The Bertz CT molecular complexity index is 1710. The van der Waals surface area contributed by atoms with Crippen LogP contribution in [0.2, 0.25) is 0 Å². The van der Waals surface area contributed by atoms with Crippen LogP contribution in [-0.2, 0) is 4.74 Å². The minimum absolute atomic E-state index is 0.174. The summed E-state index contributed by atoms with van der Waals surface area (Å²) in [6.45, 7) is 6.17. The number of hydrogen-bond donors (Lipinski definition) is 1. The predicted octanol–water partition coefficient (Wildman–Crippen LogP) is 9.08. The van der Waals surface area contributed by atoms with Crippen LogP contribution in [0.15, 0.2) is 82.6 Å². The minimum Gasteiger partial charge on any atom is -0.462 e. The first kappa shape index (κ1) is 27.7. The Hall–Kier alpha value is -3.88. The van der Waals surface area contributed by atoms with Gasteiger partial charge in [0.25, 0.3) is 5.91 Å². The molecule has 0 aliphatic heterocycles. The second kappa shape index (κ2) is 11.7. The summed E-state index contributed by atoms with van der Waals surface area (Å²) in [4.78, 5) is 31.7. The highest BCUT2D eigenvalue weighted by Crippen LogP contribution is 2.37. The molecular weight excluding hydrogens is 591 g/mol. The van der Waals surface area contributed by atoms with E-state index in [1.54, 1.807) is 30.5 Å². The molecule has 0 bridgehead atoms. The first-order valence-corrected chi connectivity index (χ1v) is 14.5. The Morgan fingerprint density at radius 2 is 1.70 bits per heavy atom. The van der Waals surface area contributed by atoms with Gasteiger partial charge in [-0.25, -0.2) is 14.2 Å². The molecule has 8 heteroatoms. The normalized spacial score (nSPS) is 11.2. The van der Waals surface area contributed by atoms with E-state index < -0.39 is 5.97 Å². The molecule has 40 heavy (non-hydrogen) atoms. The number of carbonyl (C=O) groups is 2. The van der Waals surface area contributed by atoms with Gasteiger partial charge in [-0.2, -0.15) is 0 Å². The molecule has 0 unspecified atom stereocenters. The van der Waals surface area contributed by atoms with Crippen LogP contribution in [0.5, 0.6) is 0 Å². The summed E-state index contributed by atoms with van der Waals surface area (Å²) < 4.78 is 19.7. The van der Waals surface area contributed by atoms with Crippen molar-refractivity contribution in [1.82, 2.24) is 4.98 Å². The first-order valence-electron chi connectivity index (χ1n) is 12.8. The summed E-state index contributed by atoms with van der Waals surface area (Å²) in [5.74, 6) is -0.928. The number of esters is 1. The van der Waals surface area contributed by atoms with Crippen molar-refractivity contribution in [3.05, 3.63) is 105 Å². The fraction of sp³-hybridized carbons (Fsp3) is 0.156. The Balaban J connectivity index is 1.58. The number of anilines is 1. The number of rotatable bonds is 7. The Morgan fingerprint density at radius 1 is 1.00 bits per heavy atom. The number of halogens is 2. The fourth-order valence-corrected chi connectivity index (χ4v) is 5.75. The van der Waals surface area contributed by atoms with Crippen LogP contribution < -0.4 is 5.32 Å². The lowest BCUT2D eigenvalue weighted by atomic mass is 9.99. The molecule has 5 rings (SSSR count). The molecule has 1 N–H and O–H groups in total. The van der Waals surface area contributed by atoms with Crippen molar-refractivity contribution in [3.8, 4) is 22.4 Å². The SMILES string of the molecule is CCOC(=O)c1c(-c2ccc(F)cc2)csc1NC(=O)c1cc(-c2ccc(C(C)C)cc2)nc2ccc(Br)cc12. The van der Waals surface area contributed by atoms with E-state index in [1.165, 1.54) is 29.0 Å². The van der Waals surface area contributed by atoms with Gasteiger partial charge in [-0.15, -0.1) is 11.3 Å². The van der Waals surface area contributed by atoms with Crippen LogP contribution in [-0.4, -0.2) is 23.5 Å². The number of aromatic nitrogens is 1. The highest BCUT2D eigenvalue weighted by atomic mass is 79.9. The van der Waals surface area contributed by atoms with Crippen molar-refractivity contribution in [2.24, 2.45) is 0 Å². The van der Waals surface area contributed by atoms with E-state index in [-0.39, 0.29) is 23.9 Å². The molecule has 0 atom stereocenters. The molecular formula is C32H26BrFN2O3S. The van der Waals surface area contributed by atoms with Crippen LogP contribution >= 0.6 is 27.3 Å². The summed E-state index contributed by atoms with van der Waals surface area (Å²) in [5.41, 5.74) is 5.30. The van der Waals surface area contributed by atoms with Gasteiger partial charge in [0.1, 0.15) is 16.4 Å². The topological polar surface area (TPSA) is 68.3 Å². The second-order valence-corrected chi connectivity index (χ2v) is 11.3. The quantitative estimate of drug-likeness (QED) is 0.185. The van der Waals surface area contributed by atoms with E-state index in [1.807, 2.05) is 30.3 Å². The van der Waals surface area contributed by atoms with Gasteiger partial charge in [0.2, 0.25) is 0 Å². The third-order valence-electron chi connectivity index (χ3n) is 6.54. The zero-order chi connectivity index (χ0) is 28.4. The molecule has 0 spiro atoms. The highest BCUT2D eigenvalue weighted by molar-refractivity contribution is 9.10. The van der Waals surface area contributed by atoms with Gasteiger partial charge < -0.3 is 10.1 Å². The third kappa shape index (κ3) is 5.69. The predicted molar refractivity (Wildman–Crippen MR) is 163 cm³/mol. The molecule has 0 fully saturated rings. The number of amides is 1. The molecule has 5 aromatic rings. The lowest BCUT2D eigenvalue weighted by molar-refractivity contribution is 0.0529. The molecule has 202 valence electrons. The number of hydrogen-bond acceptors (Lipinski definition) is 5. The molecule has 2 aromatic heterocycles. The van der Waals surface area contributed by atoms with Gasteiger partial charge in [-0.1, -0.05) is 66.2 Å². The van der Waals surface area contributed by atoms with Crippen LogP contribution in [0.4, 0.5) is 9.39 Å². The lowest BCUT2D eigenvalue weighted by Gasteiger charge is -2.13. The third-order valence-corrected chi connectivity index (χ3v) is 7.93. The maximum absolute atomic E-state index is 13.8. The van der Waals surface area contributed by atoms with Crippen LogP contribution in [0.1, 0.15) is 53.0 Å². The molecule has 5 nitrogen and oxygen atoms in total. The Kier molecular flexibility index (Phi) is 8.09. The lowest BCUT2D eigenvalue weighted by Crippen LogP contribution is -2.15. The number of nitrogens with one attached hydrogen (secondary N) is 1. The number of nitrogens with zero attached hydrogens (tertiary/aromatic N) is 1. The van der Waals surface area contributed by atoms with Crippen molar-refractivity contribution in [2.75, 3.05) is 11.9 Å². The molecule has 0 aliphatic rings. The summed E-state index contributed by atoms with van der Waals surface area (Å²) in [6, 6.07) is 21.4. The maximum atomic E-state index is 13.8. The van der Waals surface area contributed by atoms with Crippen molar-refractivity contribution in [2.45, 2.75) is 26.7 Å². The standard InChI is InChI=1S/C32H26BrFN2O3S/c1-4-39-32(38)29-26(20-9-12-23(34)13-10-20)17-40-31(29)36-30(37)25-16-28(21-7-5-19(6-8-21)18(2)3)35-27-14-11-22(33)15-24(25)27/h5-18H,4H2,1-3H3,(H,36,37). The van der Waals surface area contributed by atoms with Crippen LogP contribution in [0.25, 0.3) is 33.3 Å². The maximum Gasteiger partial charge on any atom is 0.341 e. The molecule has 0 saturated heterocycles. The van der Waals surface area contributed by atoms with Crippen molar-refractivity contribution in [3.63, 3.8) is 0 Å². The molecule has 0 radical (unpaired) electrons. The number of thiophene rings is 1. The van der Waals surface area contributed by atoms with E-state index in [9.17, 15) is 14.0 Å². The number of ether oxygens (including phenoxy) is 1. The van der Waals surface area contributed by atoms with E-state index >= 15 is 0 Å². The summed E-state index contributed by atoms with van der Waals surface area (Å²) in [7, 11) is 0. The van der Waals surface area contributed by atoms with Crippen molar-refractivity contribution >= 4 is 55.0 Å². The average Bonchev–Trinajstić information content (AvgIpc) is 3.36. The second-order valence-electron chi connectivity index (χ2n) is 9.53. The smallest absolute Gasteiger partial charge is 0.341 e. The Morgan fingerprint density at radius 3 is 2.38 bits per heavy atom. The first-order chi connectivity index (χ1) is 19.2. The van der Waals surface area contributed by atoms with Crippen molar-refractivity contribution in [1.29, 1.82) is 0 Å². The van der Waals surface area contributed by atoms with Crippen LogP contribution in [0.3, 0.4) is 0 Å². The van der Waals surface area contributed by atoms with Gasteiger partial charge in [-0.3, -0.25) is 4.79 Å².